The second-order valence-electron chi connectivity index (χ2n) is 12.6. The highest BCUT2D eigenvalue weighted by Crippen LogP contribution is 2.42. The monoisotopic (exact) mass is 852 g/mol. The molecular formula is C40H33BrN6O7S2. The zero-order valence-electron chi connectivity index (χ0n) is 29.7. The smallest absolute Gasteiger partial charge is 0.355 e. The Bertz CT molecular complexity index is 2210. The van der Waals surface area contributed by atoms with Gasteiger partial charge in [-0.1, -0.05) is 112 Å². The number of β-lactam (4-membered cyclic amide) rings is 1. The van der Waals surface area contributed by atoms with E-state index in [-0.39, 0.29) is 29.4 Å². The second kappa shape index (κ2) is 16.9. The summed E-state index contributed by atoms with van der Waals surface area (Å²) in [5, 5.41) is 23.4. The number of carbonyl (C=O) groups is 3. The van der Waals surface area contributed by atoms with Gasteiger partial charge in [-0.25, -0.2) is 9.78 Å². The summed E-state index contributed by atoms with van der Waals surface area (Å²) >= 11 is 6.11. The van der Waals surface area contributed by atoms with Gasteiger partial charge in [0, 0.05) is 28.6 Å². The normalized spacial score (nSPS) is 16.7. The lowest BCUT2D eigenvalue weighted by atomic mass is 9.77. The van der Waals surface area contributed by atoms with Gasteiger partial charge in [-0.15, -0.1) is 23.1 Å². The molecule has 0 radical (unpaired) electrons. The Labute approximate surface area is 338 Å². The summed E-state index contributed by atoms with van der Waals surface area (Å²) in [7, 11) is 1.32. The lowest BCUT2D eigenvalue weighted by molar-refractivity contribution is -0.384. The number of thioether (sulfide) groups is 1. The number of aromatic nitrogens is 1. The van der Waals surface area contributed by atoms with Gasteiger partial charge in [0.15, 0.2) is 10.8 Å². The number of rotatable bonds is 14. The Kier molecular flexibility index (Phi) is 11.6. The molecule has 2 atom stereocenters. The molecule has 0 bridgehead atoms. The summed E-state index contributed by atoms with van der Waals surface area (Å²) in [5.41, 5.74) is 3.38. The maximum atomic E-state index is 13.9. The number of hydrogen-bond donors (Lipinski definition) is 2. The SMILES string of the molecule is CON=C(C(=O)NC1C(=O)N2C(C(=O)OCc3ccc([N+](=O)[O-])cc3)=C(CBr)CS[C@H]12)c1csc(NC(c2ccccc2)(c2ccccc2)c2ccccc2)n1. The Morgan fingerprint density at radius 2 is 1.55 bits per heavy atom. The van der Waals surface area contributed by atoms with Gasteiger partial charge in [0.2, 0.25) is 0 Å². The van der Waals surface area contributed by atoms with Crippen molar-refractivity contribution in [3.05, 3.63) is 170 Å². The predicted octanol–water partition coefficient (Wildman–Crippen LogP) is 6.60. The van der Waals surface area contributed by atoms with E-state index in [4.69, 9.17) is 14.6 Å². The minimum absolute atomic E-state index is 0.0856. The van der Waals surface area contributed by atoms with Crippen molar-refractivity contribution < 1.29 is 28.9 Å². The fourth-order valence-electron chi connectivity index (χ4n) is 6.59. The van der Waals surface area contributed by atoms with Crippen LogP contribution < -0.4 is 10.6 Å². The first kappa shape index (κ1) is 38.4. The molecule has 0 spiro atoms. The second-order valence-corrected chi connectivity index (χ2v) is 15.1. The highest BCUT2D eigenvalue weighted by molar-refractivity contribution is 9.09. The van der Waals surface area contributed by atoms with Crippen molar-refractivity contribution in [2.24, 2.45) is 5.16 Å². The first-order valence-electron chi connectivity index (χ1n) is 17.2. The van der Waals surface area contributed by atoms with Gasteiger partial charge in [-0.05, 0) is 40.0 Å². The molecule has 1 unspecified atom stereocenters. The highest BCUT2D eigenvalue weighted by atomic mass is 79.9. The molecule has 2 N–H and O–H groups in total. The molecule has 1 fully saturated rings. The van der Waals surface area contributed by atoms with Crippen LogP contribution in [0.1, 0.15) is 27.9 Å². The number of carbonyl (C=O) groups excluding carboxylic acids is 3. The van der Waals surface area contributed by atoms with Crippen molar-refractivity contribution >= 4 is 73.3 Å². The summed E-state index contributed by atoms with van der Waals surface area (Å²) < 4.78 is 5.54. The molecule has 4 aromatic carbocycles. The molecule has 2 aliphatic heterocycles. The average Bonchev–Trinajstić information content (AvgIpc) is 3.71. The van der Waals surface area contributed by atoms with E-state index in [0.29, 0.717) is 27.4 Å². The first-order chi connectivity index (χ1) is 27.2. The first-order valence-corrected chi connectivity index (χ1v) is 20.3. The van der Waals surface area contributed by atoms with Gasteiger partial charge in [0.05, 0.1) is 4.92 Å². The van der Waals surface area contributed by atoms with Gasteiger partial charge in [0.25, 0.3) is 17.5 Å². The van der Waals surface area contributed by atoms with Crippen LogP contribution in [0.15, 0.2) is 137 Å². The number of ether oxygens (including phenoxy) is 1. The van der Waals surface area contributed by atoms with Crippen LogP contribution in [0.2, 0.25) is 0 Å². The molecule has 1 saturated heterocycles. The van der Waals surface area contributed by atoms with Crippen LogP contribution >= 0.6 is 39.0 Å². The summed E-state index contributed by atoms with van der Waals surface area (Å²) in [6.07, 6.45) is 0. The molecule has 284 valence electrons. The number of nitro groups is 1. The summed E-state index contributed by atoms with van der Waals surface area (Å²) in [6.45, 7) is -0.152. The third-order valence-electron chi connectivity index (χ3n) is 9.26. The fourth-order valence-corrected chi connectivity index (χ4v) is 9.42. The van der Waals surface area contributed by atoms with Crippen molar-refractivity contribution in [2.45, 2.75) is 23.6 Å². The van der Waals surface area contributed by atoms with Crippen molar-refractivity contribution in [2.75, 3.05) is 23.5 Å². The Balaban J connectivity index is 1.10. The van der Waals surface area contributed by atoms with E-state index in [0.717, 1.165) is 16.7 Å². The van der Waals surface area contributed by atoms with Crippen LogP contribution in [-0.4, -0.2) is 67.9 Å². The van der Waals surface area contributed by atoms with Crippen LogP contribution in [-0.2, 0) is 36.1 Å². The molecule has 56 heavy (non-hydrogen) atoms. The molecular weight excluding hydrogens is 821 g/mol. The third kappa shape index (κ3) is 7.54. The number of hydrogen-bond acceptors (Lipinski definition) is 12. The lowest BCUT2D eigenvalue weighted by Gasteiger charge is -2.49. The standard InChI is InChI=1S/C40H33BrN6O7S2/c1-53-45-32(31-24-56-39(42-31)44-40(27-11-5-2-6-12-27,28-13-7-3-8-14-28)29-15-9-4-10-16-29)35(48)43-33-36(49)46-34(26(21-41)23-55-37(33)46)38(50)54-22-25-17-19-30(20-18-25)47(51)52/h2-20,24,33,37H,21-23H2,1H3,(H,42,44)(H,43,48)/t33?,37-/m1/s1. The molecule has 2 amide bonds. The number of alkyl halides is 1. The van der Waals surface area contributed by atoms with Crippen molar-refractivity contribution in [1.29, 1.82) is 0 Å². The van der Waals surface area contributed by atoms with Gasteiger partial charge in [0.1, 0.15) is 42.1 Å². The van der Waals surface area contributed by atoms with E-state index in [1.54, 1.807) is 5.38 Å². The summed E-state index contributed by atoms with van der Waals surface area (Å²) in [4.78, 5) is 62.6. The Morgan fingerprint density at radius 3 is 2.09 bits per heavy atom. The van der Waals surface area contributed by atoms with E-state index in [1.165, 1.54) is 59.4 Å². The molecule has 7 rings (SSSR count). The number of nitro benzene ring substituents is 1. The van der Waals surface area contributed by atoms with E-state index < -0.39 is 39.7 Å². The van der Waals surface area contributed by atoms with Gasteiger partial charge in [-0.2, -0.15) is 0 Å². The van der Waals surface area contributed by atoms with Gasteiger partial charge >= 0.3 is 5.97 Å². The number of esters is 1. The summed E-state index contributed by atoms with van der Waals surface area (Å²) in [5.74, 6) is -1.49. The van der Waals surface area contributed by atoms with Crippen LogP contribution in [0.5, 0.6) is 0 Å². The van der Waals surface area contributed by atoms with E-state index in [9.17, 15) is 24.5 Å². The quantitative estimate of drug-likeness (QED) is 0.0237. The van der Waals surface area contributed by atoms with Crippen molar-refractivity contribution in [3.8, 4) is 0 Å². The van der Waals surface area contributed by atoms with E-state index >= 15 is 0 Å². The summed E-state index contributed by atoms with van der Waals surface area (Å²) in [6, 6.07) is 34.8. The predicted molar refractivity (Wildman–Crippen MR) is 217 cm³/mol. The van der Waals surface area contributed by atoms with Gasteiger partial charge in [-0.3, -0.25) is 24.6 Å². The Morgan fingerprint density at radius 1 is 0.964 bits per heavy atom. The zero-order chi connectivity index (χ0) is 39.2. The maximum absolute atomic E-state index is 13.9. The number of halogens is 1. The van der Waals surface area contributed by atoms with Gasteiger partial charge < -0.3 is 20.2 Å². The minimum atomic E-state index is -0.970. The molecule has 3 heterocycles. The van der Waals surface area contributed by atoms with E-state index in [2.05, 4.69) is 68.1 Å². The van der Waals surface area contributed by atoms with Crippen LogP contribution in [0, 0.1) is 10.1 Å². The molecule has 2 aliphatic rings. The molecule has 0 aliphatic carbocycles. The number of oxime groups is 1. The number of thiazole rings is 1. The topological polar surface area (TPSA) is 165 Å². The number of non-ortho nitro benzene ring substituents is 1. The largest absolute Gasteiger partial charge is 0.456 e. The lowest BCUT2D eigenvalue weighted by Crippen LogP contribution is -2.71. The number of nitrogens with one attached hydrogen (secondary N) is 2. The van der Waals surface area contributed by atoms with Crippen LogP contribution in [0.4, 0.5) is 10.8 Å². The highest BCUT2D eigenvalue weighted by Gasteiger charge is 2.54. The zero-order valence-corrected chi connectivity index (χ0v) is 32.9. The third-order valence-corrected chi connectivity index (χ3v) is 12.0. The number of benzene rings is 4. The number of fused-ring (bicyclic) bond motifs is 1. The van der Waals surface area contributed by atoms with E-state index in [1.807, 2.05) is 54.6 Å². The molecule has 16 heteroatoms. The molecule has 1 aromatic heterocycles. The molecule has 0 saturated carbocycles. The van der Waals surface area contributed by atoms with Crippen LogP contribution in [0.3, 0.4) is 0 Å². The van der Waals surface area contributed by atoms with Crippen molar-refractivity contribution in [1.82, 2.24) is 15.2 Å². The molecule has 13 nitrogen and oxygen atoms in total. The number of amides is 2. The molecule has 5 aromatic rings. The van der Waals surface area contributed by atoms with Crippen molar-refractivity contribution in [3.63, 3.8) is 0 Å². The number of nitrogens with zero attached hydrogens (tertiary/aromatic N) is 4. The Hall–Kier alpha value is -5.84. The minimum Gasteiger partial charge on any atom is -0.456 e. The number of anilines is 1. The average molecular weight is 854 g/mol. The maximum Gasteiger partial charge on any atom is 0.355 e. The van der Waals surface area contributed by atoms with Crippen LogP contribution in [0.25, 0.3) is 0 Å². The fraction of sp³-hybridized carbons (Fsp3) is 0.175.